The second kappa shape index (κ2) is 62.8. The van der Waals surface area contributed by atoms with E-state index in [1.54, 1.807) is 0 Å². The zero-order valence-electron chi connectivity index (χ0n) is 91.0. The Kier molecular flexibility index (Phi) is 47.2. The van der Waals surface area contributed by atoms with Crippen LogP contribution in [0.25, 0.3) is 137 Å². The fourth-order valence-electron chi connectivity index (χ4n) is 20.1. The van der Waals surface area contributed by atoms with Crippen molar-refractivity contribution in [3.63, 3.8) is 0 Å². The third-order valence-corrected chi connectivity index (χ3v) is 28.4. The Labute approximate surface area is 885 Å². The molecule has 0 amide bonds. The van der Waals surface area contributed by atoms with Gasteiger partial charge in [-0.05, 0) is 255 Å². The summed E-state index contributed by atoms with van der Waals surface area (Å²) in [5.74, 6) is 20.5. The molecule has 786 valence electrons. The van der Waals surface area contributed by atoms with Gasteiger partial charge in [0.2, 0.25) is 0 Å². The highest BCUT2D eigenvalue weighted by Crippen LogP contribution is 2.43. The van der Waals surface area contributed by atoms with E-state index < -0.39 is 0 Å². The summed E-state index contributed by atoms with van der Waals surface area (Å²) in [5, 5.41) is 0. The standard InChI is InChI=1S/C132H170N8O8/c1-9-17-25-33-41-51-77-141-107-85-99(86-108(95-107)142-78-52-42-34-26-18-10-2)129-121-65-61-103(133-121)93-104-62-66-122(134-104)130(100-87-109(143-79-53-43-35-27-19-11-3)96-110(88-100)144-80-54-44-36-28-20-12-4)126-74-70-118(138-126)115(117-69-73-125(129)137-117)59-49-50-60-116-119-71-75-127(139-119)131(101-89-111(145-81-55-45-37-29-21-13-5)97-112(90-101)146-82-56-46-38-30-22-14-6)123-67-63-105(135-123)94-106-64-68-124(136-106)132(128-76-72-120(116)140-128)102-91-113(147-83-57-47-39-31-23-15-7)98-114(92-102)148-84-58-48-40-32-24-16-8/h61-76,85-98,133,135,138,140H,9-48,51-58,77-84H2,1-8H3. The molecule has 16 bridgehead atoms. The van der Waals surface area contributed by atoms with E-state index in [1.807, 2.05) is 0 Å². The molecule has 0 unspecified atom stereocenters. The molecule has 0 aliphatic carbocycles. The maximum atomic E-state index is 6.81. The Bertz CT molecular complexity index is 5750. The molecule has 16 heteroatoms. The van der Waals surface area contributed by atoms with Gasteiger partial charge in [0.1, 0.15) is 46.0 Å². The minimum absolute atomic E-state index is 0.596. The Morgan fingerprint density at radius 2 is 0.385 bits per heavy atom. The number of hydrogen-bond acceptors (Lipinski definition) is 12. The van der Waals surface area contributed by atoms with Gasteiger partial charge in [0.25, 0.3) is 0 Å². The quantitative estimate of drug-likeness (QED) is 0.0209. The summed E-state index contributed by atoms with van der Waals surface area (Å²) in [6.07, 6.45) is 72.5. The summed E-state index contributed by atoms with van der Waals surface area (Å²) in [7, 11) is 0. The summed E-state index contributed by atoms with van der Waals surface area (Å²) in [6.45, 7) is 22.9. The Balaban J connectivity index is 0.986. The van der Waals surface area contributed by atoms with Crippen LogP contribution in [-0.4, -0.2) is 92.7 Å². The number of rotatable bonds is 68. The van der Waals surface area contributed by atoms with Crippen LogP contribution in [0.1, 0.15) is 420 Å². The highest BCUT2D eigenvalue weighted by Gasteiger charge is 2.24. The number of nitrogens with one attached hydrogen (secondary N) is 4. The van der Waals surface area contributed by atoms with Gasteiger partial charge in [-0.15, -0.1) is 0 Å². The first-order valence-corrected chi connectivity index (χ1v) is 58.0. The third-order valence-electron chi connectivity index (χ3n) is 28.4. The fraction of sp³-hybridized carbons (Fsp3) is 0.485. The Morgan fingerprint density at radius 1 is 0.189 bits per heavy atom. The van der Waals surface area contributed by atoms with E-state index in [1.165, 1.54) is 205 Å². The van der Waals surface area contributed by atoms with Gasteiger partial charge in [0.15, 0.2) is 0 Å². The summed E-state index contributed by atoms with van der Waals surface area (Å²) in [5.41, 5.74) is 20.9. The monoisotopic (exact) mass is 2000 g/mol. The molecule has 0 atom stereocenters. The molecule has 0 saturated carbocycles. The highest BCUT2D eigenvalue weighted by molar-refractivity contribution is 5.98. The lowest BCUT2D eigenvalue weighted by Crippen LogP contribution is -2.01. The number of aromatic nitrogens is 8. The molecule has 0 radical (unpaired) electrons. The number of H-pyrrole nitrogens is 4. The smallest absolute Gasteiger partial charge is 0.123 e. The first kappa shape index (κ1) is 111. The zero-order chi connectivity index (χ0) is 103. The normalized spacial score (nSPS) is 11.9. The van der Waals surface area contributed by atoms with Gasteiger partial charge < -0.3 is 57.8 Å². The molecule has 14 rings (SSSR count). The third kappa shape index (κ3) is 35.1. The summed E-state index contributed by atoms with van der Waals surface area (Å²) >= 11 is 0. The summed E-state index contributed by atoms with van der Waals surface area (Å²) in [4.78, 5) is 38.4. The summed E-state index contributed by atoms with van der Waals surface area (Å²) in [6, 6.07) is 46.9. The van der Waals surface area contributed by atoms with Crippen molar-refractivity contribution in [3.8, 4) is 114 Å². The van der Waals surface area contributed by atoms with Gasteiger partial charge >= 0.3 is 0 Å². The lowest BCUT2D eigenvalue weighted by molar-refractivity contribution is 0.289. The molecule has 10 aromatic rings. The SMILES string of the molecule is CCCCCCCCOc1cc(OCCCCCCCC)cc(-c2c3nc(c(C#CC#Cc4c5nc(c(-c6cc(OCCCCCCCC)cc(OCCCCCCCC)c6)c6ccc(cc7nc(c(-c8cc(OCCCCCCCC)cc(OCCCCCCCC)c8)c8ccc4[nH]8)C=C7)[nH]6)C=C5)c4ccc([nH]4)c(-c4cc(OCCCCCCCC)cc(OCCCCCCCC)c4)c4nc(cc5ccc2[nH]5)C=C4)C=C3)c1. The highest BCUT2D eigenvalue weighted by atomic mass is 16.5. The van der Waals surface area contributed by atoms with Crippen LogP contribution in [-0.2, 0) is 0 Å². The molecule has 6 aromatic heterocycles. The summed E-state index contributed by atoms with van der Waals surface area (Å²) < 4.78 is 54.5. The van der Waals surface area contributed by atoms with Crippen molar-refractivity contribution in [2.45, 2.75) is 364 Å². The molecular formula is C132H170N8O8. The molecule has 4 aliphatic heterocycles. The van der Waals surface area contributed by atoms with Crippen molar-refractivity contribution in [1.29, 1.82) is 0 Å². The fourth-order valence-corrected chi connectivity index (χ4v) is 20.1. The molecular weight excluding hydrogens is 1830 g/mol. The van der Waals surface area contributed by atoms with Crippen LogP contribution in [0.2, 0.25) is 0 Å². The van der Waals surface area contributed by atoms with E-state index in [-0.39, 0.29) is 0 Å². The van der Waals surface area contributed by atoms with Crippen LogP contribution in [0.5, 0.6) is 46.0 Å². The van der Waals surface area contributed by atoms with Gasteiger partial charge in [-0.3, -0.25) is 0 Å². The molecule has 4 aromatic carbocycles. The number of aromatic amines is 4. The van der Waals surface area contributed by atoms with Gasteiger partial charge in [-0.1, -0.05) is 312 Å². The lowest BCUT2D eigenvalue weighted by atomic mass is 10.0. The second-order valence-corrected chi connectivity index (χ2v) is 40.9. The van der Waals surface area contributed by atoms with Crippen molar-refractivity contribution >= 4 is 92.7 Å². The van der Waals surface area contributed by atoms with Gasteiger partial charge in [0.05, 0.1) is 121 Å². The number of hydrogen-bond donors (Lipinski definition) is 4. The maximum absolute atomic E-state index is 6.81. The van der Waals surface area contributed by atoms with Crippen molar-refractivity contribution in [3.05, 3.63) is 190 Å². The van der Waals surface area contributed by atoms with Crippen LogP contribution in [0, 0.1) is 23.7 Å². The van der Waals surface area contributed by atoms with Crippen LogP contribution in [0.4, 0.5) is 0 Å². The van der Waals surface area contributed by atoms with Gasteiger partial charge in [-0.25, -0.2) is 19.9 Å². The maximum Gasteiger partial charge on any atom is 0.123 e. The topological polar surface area (TPSA) is 189 Å². The van der Waals surface area contributed by atoms with E-state index in [9.17, 15) is 0 Å². The predicted molar refractivity (Wildman–Crippen MR) is 624 cm³/mol. The zero-order valence-corrected chi connectivity index (χ0v) is 91.0. The van der Waals surface area contributed by atoms with Gasteiger partial charge in [-0.2, -0.15) is 0 Å². The number of benzene rings is 4. The van der Waals surface area contributed by atoms with E-state index in [0.29, 0.717) is 75.4 Å². The largest absolute Gasteiger partial charge is 0.493 e. The molecule has 0 fully saturated rings. The Morgan fingerprint density at radius 3 is 0.628 bits per heavy atom. The van der Waals surface area contributed by atoms with Crippen LogP contribution in [0.15, 0.2) is 133 Å². The van der Waals surface area contributed by atoms with Crippen molar-refractivity contribution < 1.29 is 37.9 Å². The number of unbranched alkanes of at least 4 members (excludes halogenated alkanes) is 40. The molecule has 4 aliphatic rings. The first-order chi connectivity index (χ1) is 73.1. The van der Waals surface area contributed by atoms with Crippen molar-refractivity contribution in [2.75, 3.05) is 52.9 Å². The minimum atomic E-state index is 0.596. The molecule has 148 heavy (non-hydrogen) atoms. The predicted octanol–water partition coefficient (Wildman–Crippen LogP) is 37.6. The van der Waals surface area contributed by atoms with E-state index in [0.717, 1.165) is 272 Å². The van der Waals surface area contributed by atoms with E-state index >= 15 is 0 Å². The van der Waals surface area contributed by atoms with Gasteiger partial charge in [0, 0.05) is 79.6 Å². The van der Waals surface area contributed by atoms with Crippen LogP contribution < -0.4 is 37.9 Å². The number of nitrogens with zero attached hydrogens (tertiary/aromatic N) is 4. The van der Waals surface area contributed by atoms with E-state index in [2.05, 4.69) is 281 Å². The van der Waals surface area contributed by atoms with Crippen LogP contribution in [0.3, 0.4) is 0 Å². The first-order valence-electron chi connectivity index (χ1n) is 58.0. The molecule has 0 saturated heterocycles. The molecule has 16 nitrogen and oxygen atoms in total. The minimum Gasteiger partial charge on any atom is -0.493 e. The average Bonchev–Trinajstić information content (AvgIpc) is 1.63. The van der Waals surface area contributed by atoms with Crippen LogP contribution >= 0.6 is 0 Å². The second-order valence-electron chi connectivity index (χ2n) is 40.9. The molecule has 4 N–H and O–H groups in total. The number of fused-ring (bicyclic) bond motifs is 16. The molecule has 0 spiro atoms. The average molecular weight is 2000 g/mol. The lowest BCUT2D eigenvalue weighted by Gasteiger charge is -2.14. The Hall–Kier alpha value is -12.4. The molecule has 10 heterocycles. The number of ether oxygens (including phenoxy) is 8. The van der Waals surface area contributed by atoms with Crippen molar-refractivity contribution in [2.24, 2.45) is 0 Å². The van der Waals surface area contributed by atoms with E-state index in [4.69, 9.17) is 57.8 Å². The van der Waals surface area contributed by atoms with Crippen molar-refractivity contribution in [1.82, 2.24) is 39.9 Å².